The van der Waals surface area contributed by atoms with Crippen LogP contribution in [0.5, 0.6) is 0 Å². The molecular weight excluding hydrogens is 304 g/mol. The van der Waals surface area contributed by atoms with Gasteiger partial charge < -0.3 is 0 Å². The predicted molar refractivity (Wildman–Crippen MR) is 85.7 cm³/mol. The van der Waals surface area contributed by atoms with Crippen LogP contribution in [0.1, 0.15) is 19.4 Å². The Morgan fingerprint density at radius 3 is 2.24 bits per heavy atom. The standard InChI is InChI=1S/C15H16N2O2S2/c1-9(18)13(10(2)19)8-11-4-6-12(7-5-11)14-16-17-15(20-3)21-14/h4-7,13H,8H2,1-3H3. The SMILES string of the molecule is CSc1nnc(-c2ccc(CC(C(C)=O)C(C)=O)cc2)s1. The summed E-state index contributed by atoms with van der Waals surface area (Å²) in [7, 11) is 0. The van der Waals surface area contributed by atoms with Crippen LogP contribution < -0.4 is 0 Å². The molecule has 0 aliphatic rings. The van der Waals surface area contributed by atoms with E-state index >= 15 is 0 Å². The van der Waals surface area contributed by atoms with E-state index in [1.54, 1.807) is 23.1 Å². The van der Waals surface area contributed by atoms with Crippen molar-refractivity contribution >= 4 is 34.7 Å². The summed E-state index contributed by atoms with van der Waals surface area (Å²) in [6, 6.07) is 7.79. The Kier molecular flexibility index (Phi) is 5.25. The van der Waals surface area contributed by atoms with Gasteiger partial charge in [-0.05, 0) is 32.1 Å². The monoisotopic (exact) mass is 320 g/mol. The van der Waals surface area contributed by atoms with Gasteiger partial charge in [-0.3, -0.25) is 9.59 Å². The molecule has 1 aromatic carbocycles. The number of aromatic nitrogens is 2. The molecule has 0 unspecified atom stereocenters. The van der Waals surface area contributed by atoms with Gasteiger partial charge in [0.2, 0.25) is 0 Å². The zero-order valence-electron chi connectivity index (χ0n) is 12.1. The first-order valence-electron chi connectivity index (χ1n) is 6.49. The fourth-order valence-electron chi connectivity index (χ4n) is 2.00. The van der Waals surface area contributed by atoms with Gasteiger partial charge in [0, 0.05) is 5.56 Å². The highest BCUT2D eigenvalue weighted by Gasteiger charge is 2.19. The van der Waals surface area contributed by atoms with E-state index in [-0.39, 0.29) is 11.6 Å². The van der Waals surface area contributed by atoms with Crippen molar-refractivity contribution in [2.45, 2.75) is 24.6 Å². The van der Waals surface area contributed by atoms with Gasteiger partial charge in [0.15, 0.2) is 4.34 Å². The van der Waals surface area contributed by atoms with Crippen LogP contribution in [-0.4, -0.2) is 28.0 Å². The van der Waals surface area contributed by atoms with Crippen LogP contribution in [0.3, 0.4) is 0 Å². The van der Waals surface area contributed by atoms with Gasteiger partial charge in [0.25, 0.3) is 0 Å². The largest absolute Gasteiger partial charge is 0.299 e. The molecular formula is C15H16N2O2S2. The Labute approximate surface area is 132 Å². The quantitative estimate of drug-likeness (QED) is 0.604. The average Bonchev–Trinajstić information content (AvgIpc) is 2.93. The normalized spacial score (nSPS) is 10.9. The third kappa shape index (κ3) is 3.98. The number of Topliss-reactive ketones (excluding diaryl/α,β-unsaturated/α-hetero) is 2. The Hall–Kier alpha value is -1.53. The van der Waals surface area contributed by atoms with Crippen molar-refractivity contribution in [1.29, 1.82) is 0 Å². The summed E-state index contributed by atoms with van der Waals surface area (Å²) in [4.78, 5) is 22.9. The molecule has 110 valence electrons. The summed E-state index contributed by atoms with van der Waals surface area (Å²) < 4.78 is 0.933. The third-order valence-electron chi connectivity index (χ3n) is 3.20. The molecule has 0 aliphatic carbocycles. The Balaban J connectivity index is 2.15. The molecule has 4 nitrogen and oxygen atoms in total. The lowest BCUT2D eigenvalue weighted by Gasteiger charge is -2.10. The van der Waals surface area contributed by atoms with Gasteiger partial charge in [-0.1, -0.05) is 47.4 Å². The highest BCUT2D eigenvalue weighted by molar-refractivity contribution is 8.00. The number of hydrogen-bond donors (Lipinski definition) is 0. The van der Waals surface area contributed by atoms with Gasteiger partial charge in [0.05, 0.1) is 5.92 Å². The van der Waals surface area contributed by atoms with Crippen LogP contribution in [0, 0.1) is 5.92 Å². The predicted octanol–water partition coefficient (Wildman–Crippen LogP) is 3.26. The molecule has 6 heteroatoms. The average molecular weight is 320 g/mol. The second-order valence-corrected chi connectivity index (χ2v) is 6.78. The zero-order chi connectivity index (χ0) is 15.4. The maximum absolute atomic E-state index is 11.5. The number of carbonyl (C=O) groups is 2. The van der Waals surface area contributed by atoms with E-state index in [0.717, 1.165) is 20.5 Å². The van der Waals surface area contributed by atoms with Crippen molar-refractivity contribution in [2.75, 3.05) is 6.26 Å². The fourth-order valence-corrected chi connectivity index (χ4v) is 3.28. The number of rotatable bonds is 6. The second kappa shape index (κ2) is 6.95. The second-order valence-electron chi connectivity index (χ2n) is 4.75. The molecule has 21 heavy (non-hydrogen) atoms. The maximum atomic E-state index is 11.5. The molecule has 2 aromatic rings. The lowest BCUT2D eigenvalue weighted by Crippen LogP contribution is -2.21. The molecule has 0 amide bonds. The zero-order valence-corrected chi connectivity index (χ0v) is 13.8. The highest BCUT2D eigenvalue weighted by Crippen LogP contribution is 2.28. The van der Waals surface area contributed by atoms with E-state index < -0.39 is 5.92 Å². The van der Waals surface area contributed by atoms with Crippen molar-refractivity contribution in [3.05, 3.63) is 29.8 Å². The first-order valence-corrected chi connectivity index (χ1v) is 8.53. The topological polar surface area (TPSA) is 59.9 Å². The van der Waals surface area contributed by atoms with Crippen LogP contribution in [-0.2, 0) is 16.0 Å². The summed E-state index contributed by atoms with van der Waals surface area (Å²) >= 11 is 3.12. The van der Waals surface area contributed by atoms with Crippen molar-refractivity contribution in [3.63, 3.8) is 0 Å². The summed E-state index contributed by atoms with van der Waals surface area (Å²) in [5, 5.41) is 9.09. The van der Waals surface area contributed by atoms with Crippen LogP contribution in [0.25, 0.3) is 10.6 Å². The minimum atomic E-state index is -0.541. The van der Waals surface area contributed by atoms with Crippen LogP contribution >= 0.6 is 23.1 Å². The summed E-state index contributed by atoms with van der Waals surface area (Å²) in [5.74, 6) is -0.707. The molecule has 0 saturated carbocycles. The van der Waals surface area contributed by atoms with Crippen molar-refractivity contribution in [3.8, 4) is 10.6 Å². The molecule has 0 spiro atoms. The minimum Gasteiger partial charge on any atom is -0.299 e. The number of hydrogen-bond acceptors (Lipinski definition) is 6. The van der Waals surface area contributed by atoms with E-state index in [2.05, 4.69) is 10.2 Å². The lowest BCUT2D eigenvalue weighted by atomic mass is 9.92. The Morgan fingerprint density at radius 2 is 1.76 bits per heavy atom. The maximum Gasteiger partial charge on any atom is 0.174 e. The van der Waals surface area contributed by atoms with Crippen molar-refractivity contribution in [1.82, 2.24) is 10.2 Å². The van der Waals surface area contributed by atoms with Gasteiger partial charge in [-0.15, -0.1) is 10.2 Å². The molecule has 0 atom stereocenters. The van der Waals surface area contributed by atoms with Crippen LogP contribution in [0.2, 0.25) is 0 Å². The fraction of sp³-hybridized carbons (Fsp3) is 0.333. The van der Waals surface area contributed by atoms with Gasteiger partial charge in [0.1, 0.15) is 16.6 Å². The van der Waals surface area contributed by atoms with E-state index in [1.807, 2.05) is 30.5 Å². The van der Waals surface area contributed by atoms with Gasteiger partial charge >= 0.3 is 0 Å². The van der Waals surface area contributed by atoms with Crippen LogP contribution in [0.4, 0.5) is 0 Å². The first kappa shape index (κ1) is 15.9. The van der Waals surface area contributed by atoms with E-state index in [1.165, 1.54) is 13.8 Å². The van der Waals surface area contributed by atoms with Crippen molar-refractivity contribution in [2.24, 2.45) is 5.92 Å². The third-order valence-corrected chi connectivity index (χ3v) is 5.15. The Bertz CT molecular complexity index is 636. The summed E-state index contributed by atoms with van der Waals surface area (Å²) in [6.45, 7) is 2.93. The van der Waals surface area contributed by atoms with Gasteiger partial charge in [-0.25, -0.2) is 0 Å². The lowest BCUT2D eigenvalue weighted by molar-refractivity contribution is -0.130. The van der Waals surface area contributed by atoms with E-state index in [4.69, 9.17) is 0 Å². The Morgan fingerprint density at radius 1 is 1.14 bits per heavy atom. The number of benzene rings is 1. The molecule has 0 bridgehead atoms. The number of thioether (sulfide) groups is 1. The molecule has 2 rings (SSSR count). The van der Waals surface area contributed by atoms with E-state index in [0.29, 0.717) is 6.42 Å². The molecule has 0 aliphatic heterocycles. The summed E-state index contributed by atoms with van der Waals surface area (Å²) in [6.07, 6.45) is 2.42. The molecule has 0 radical (unpaired) electrons. The number of nitrogens with zero attached hydrogens (tertiary/aromatic N) is 2. The highest BCUT2D eigenvalue weighted by atomic mass is 32.2. The summed E-state index contributed by atoms with van der Waals surface area (Å²) in [5.41, 5.74) is 1.97. The van der Waals surface area contributed by atoms with E-state index in [9.17, 15) is 9.59 Å². The molecule has 0 N–H and O–H groups in total. The number of ketones is 2. The molecule has 1 aromatic heterocycles. The first-order chi connectivity index (χ1) is 10.0. The minimum absolute atomic E-state index is 0.0830. The number of carbonyl (C=O) groups excluding carboxylic acids is 2. The smallest absolute Gasteiger partial charge is 0.174 e. The van der Waals surface area contributed by atoms with Crippen LogP contribution in [0.15, 0.2) is 28.6 Å². The van der Waals surface area contributed by atoms with Crippen molar-refractivity contribution < 1.29 is 9.59 Å². The van der Waals surface area contributed by atoms with Gasteiger partial charge in [-0.2, -0.15) is 0 Å². The molecule has 1 heterocycles. The molecule has 0 fully saturated rings. The molecule has 0 saturated heterocycles.